The van der Waals surface area contributed by atoms with Crippen molar-refractivity contribution in [2.24, 2.45) is 0 Å². The predicted molar refractivity (Wildman–Crippen MR) is 313 cm³/mol. The fraction of sp³-hybridized carbons (Fsp3) is 0.106. The standard InChI is InChI=1S/C66H56GeN4OSi/c1-66(2,3)46-38-39-68-62(40-46)71-58-35-21-32-54-63(58)64-55(67(54)52-30-13-17-36-60(52)73(5,6)61-37-18-14-31-53(61)67)42-49(43-59(64)71)72-48-27-19-26-47(41-48)69-56-33-15-16-34-57(56)70(4)65-50(44-22-9-7-10-23-44)28-20-29-51(65)45-24-11-8-12-25-45/h7-43,69H,1-6H3. The minimum Gasteiger partial charge on any atom is -0.0622 e. The normalized spacial score (nSPS) is 13.8. The topological polar surface area (TPSA) is 42.3 Å². The zero-order valence-corrected chi connectivity index (χ0v) is 45.2. The summed E-state index contributed by atoms with van der Waals surface area (Å²) in [6, 6.07) is 80.2. The number of aromatic nitrogens is 2. The minimum absolute atomic E-state index is 0.0452. The molecule has 0 unspecified atom stereocenters. The van der Waals surface area contributed by atoms with Crippen LogP contribution in [0.4, 0.5) is 22.7 Å². The molecule has 2 aromatic heterocycles. The number of nitrogens with zero attached hydrogens (tertiary/aromatic N) is 3. The molecule has 0 saturated carbocycles. The number of hydrogen-bond acceptors (Lipinski definition) is 4. The van der Waals surface area contributed by atoms with Crippen molar-refractivity contribution in [1.29, 1.82) is 0 Å². The van der Waals surface area contributed by atoms with Gasteiger partial charge in [0.1, 0.15) is 0 Å². The monoisotopic (exact) mass is 1020 g/mol. The smallest absolute Gasteiger partial charge is 0.0622 e. The van der Waals surface area contributed by atoms with E-state index in [-0.39, 0.29) is 5.41 Å². The predicted octanol–water partition coefficient (Wildman–Crippen LogP) is 12.9. The van der Waals surface area contributed by atoms with E-state index in [1.54, 1.807) is 19.2 Å². The Hall–Kier alpha value is -7.91. The van der Waals surface area contributed by atoms with Crippen molar-refractivity contribution in [2.75, 3.05) is 17.3 Å². The Morgan fingerprint density at radius 1 is 0.534 bits per heavy atom. The molecule has 4 heterocycles. The van der Waals surface area contributed by atoms with Gasteiger partial charge in [0, 0.05) is 11.1 Å². The van der Waals surface area contributed by atoms with E-state index in [0.29, 0.717) is 0 Å². The Labute approximate surface area is 431 Å². The molecule has 354 valence electrons. The Kier molecular flexibility index (Phi) is 10.5. The molecule has 0 bridgehead atoms. The summed E-state index contributed by atoms with van der Waals surface area (Å²) in [6.07, 6.45) is 1.97. The van der Waals surface area contributed by atoms with E-state index < -0.39 is 21.3 Å². The first-order valence-electron chi connectivity index (χ1n) is 25.4. The van der Waals surface area contributed by atoms with Gasteiger partial charge in [0.2, 0.25) is 0 Å². The van der Waals surface area contributed by atoms with E-state index >= 15 is 0 Å². The summed E-state index contributed by atoms with van der Waals surface area (Å²) in [5, 5.41) is 9.67. The number of fused-ring (bicyclic) bond motifs is 6. The second kappa shape index (κ2) is 17.1. The minimum atomic E-state index is -3.68. The number of para-hydroxylation sites is 3. The van der Waals surface area contributed by atoms with E-state index in [1.165, 1.54) is 52.9 Å². The van der Waals surface area contributed by atoms with Gasteiger partial charge in [0.15, 0.2) is 0 Å². The van der Waals surface area contributed by atoms with E-state index in [1.807, 2.05) is 6.20 Å². The summed E-state index contributed by atoms with van der Waals surface area (Å²) in [7, 11) is 0.123. The summed E-state index contributed by atoms with van der Waals surface area (Å²) in [6.45, 7) is 11.9. The maximum absolute atomic E-state index is 7.24. The van der Waals surface area contributed by atoms with E-state index in [0.717, 1.165) is 45.6 Å². The van der Waals surface area contributed by atoms with Crippen molar-refractivity contribution in [3.63, 3.8) is 0 Å². The van der Waals surface area contributed by atoms with Crippen LogP contribution in [0.25, 0.3) is 49.9 Å². The molecule has 2 aliphatic heterocycles. The summed E-state index contributed by atoms with van der Waals surface area (Å²) in [4.78, 5) is 7.44. The third kappa shape index (κ3) is 7.06. The van der Waals surface area contributed by atoms with E-state index in [2.05, 4.69) is 274 Å². The molecule has 11 aromatic rings. The molecule has 0 amide bonds. The third-order valence-electron chi connectivity index (χ3n) is 15.7. The molecule has 7 heteroatoms. The third-order valence-corrected chi connectivity index (χ3v) is 30.6. The maximum atomic E-state index is 7.24. The Balaban J connectivity index is 0.949. The van der Waals surface area contributed by atoms with Crippen molar-refractivity contribution in [3.05, 3.63) is 230 Å². The molecule has 9 aromatic carbocycles. The van der Waals surface area contributed by atoms with Crippen LogP contribution in [-0.4, -0.2) is 37.9 Å². The number of nitrogens with one attached hydrogen (secondary N) is 1. The van der Waals surface area contributed by atoms with Crippen LogP contribution < -0.4 is 42.9 Å². The van der Waals surface area contributed by atoms with Gasteiger partial charge in [-0.2, -0.15) is 0 Å². The molecule has 1 spiro atoms. The van der Waals surface area contributed by atoms with Crippen LogP contribution in [-0.2, 0) is 5.41 Å². The van der Waals surface area contributed by atoms with Crippen molar-refractivity contribution < 1.29 is 4.74 Å². The summed E-state index contributed by atoms with van der Waals surface area (Å²) in [5.41, 5.74) is 12.3. The van der Waals surface area contributed by atoms with E-state index in [9.17, 15) is 0 Å². The molecule has 0 radical (unpaired) electrons. The van der Waals surface area contributed by atoms with Crippen molar-refractivity contribution in [2.45, 2.75) is 39.3 Å². The van der Waals surface area contributed by atoms with Crippen LogP contribution in [0.15, 0.2) is 225 Å². The second-order valence-corrected chi connectivity index (χ2v) is 33.3. The Morgan fingerprint density at radius 3 is 1.81 bits per heavy atom. The number of rotatable bonds is 9. The van der Waals surface area contributed by atoms with E-state index in [4.69, 9.17) is 9.72 Å². The average molecular weight is 1020 g/mol. The van der Waals surface area contributed by atoms with Crippen LogP contribution in [0, 0.1) is 0 Å². The first-order valence-corrected chi connectivity index (χ1v) is 32.6. The van der Waals surface area contributed by atoms with Crippen LogP contribution >= 0.6 is 0 Å². The van der Waals surface area contributed by atoms with Crippen LogP contribution in [0.1, 0.15) is 26.3 Å². The zero-order valence-electron chi connectivity index (χ0n) is 42.1. The molecule has 0 saturated heterocycles. The SMILES string of the molecule is CN(c1ccccc1Nc1cccc(Oc2c[c]3c4c5[c](cccc5n(-c5cc(C(C)(C)C)ccn5)c4c2)[Ge]32[c]3ccccc3[Si](C)(C)c3cccc[c]32)c1)c1c(-c2ccccc2)cccc1-c1ccccc1. The van der Waals surface area contributed by atoms with Gasteiger partial charge in [-0.25, -0.2) is 0 Å². The fourth-order valence-electron chi connectivity index (χ4n) is 12.3. The number of hydrogen-bond donors (Lipinski definition) is 1. The number of benzene rings is 9. The summed E-state index contributed by atoms with van der Waals surface area (Å²) < 4.78 is 15.7. The molecule has 0 atom stereocenters. The average Bonchev–Trinajstić information content (AvgIpc) is 3.95. The van der Waals surface area contributed by atoms with Crippen molar-refractivity contribution in [1.82, 2.24) is 9.55 Å². The van der Waals surface area contributed by atoms with Crippen molar-refractivity contribution in [3.8, 4) is 39.6 Å². The second-order valence-electron chi connectivity index (χ2n) is 21.3. The summed E-state index contributed by atoms with van der Waals surface area (Å²) >= 11 is -3.68. The zero-order chi connectivity index (χ0) is 49.6. The Bertz CT molecular complexity index is 3860. The molecule has 0 fully saturated rings. The number of anilines is 4. The first-order chi connectivity index (χ1) is 35.5. The molecule has 13 rings (SSSR count). The first kappa shape index (κ1) is 45.0. The number of ether oxygens (including phenoxy) is 1. The fourth-order valence-corrected chi connectivity index (χ4v) is 32.3. The Morgan fingerprint density at radius 2 is 1.12 bits per heavy atom. The van der Waals surface area contributed by atoms with Crippen LogP contribution in [0.3, 0.4) is 0 Å². The number of pyridine rings is 1. The quantitative estimate of drug-likeness (QED) is 0.146. The van der Waals surface area contributed by atoms with Gasteiger partial charge in [-0.1, -0.05) is 78.9 Å². The molecule has 1 N–H and O–H groups in total. The molecular weight excluding hydrogens is 965 g/mol. The van der Waals surface area contributed by atoms with Crippen LogP contribution in [0.2, 0.25) is 13.1 Å². The van der Waals surface area contributed by atoms with Gasteiger partial charge in [0.05, 0.1) is 0 Å². The molecular formula is C66H56GeN4OSi. The molecule has 5 nitrogen and oxygen atoms in total. The van der Waals surface area contributed by atoms with Gasteiger partial charge in [-0.3, -0.25) is 0 Å². The van der Waals surface area contributed by atoms with Gasteiger partial charge in [0.25, 0.3) is 0 Å². The molecule has 0 aliphatic carbocycles. The van der Waals surface area contributed by atoms with Gasteiger partial charge in [-0.15, -0.1) is 0 Å². The molecule has 73 heavy (non-hydrogen) atoms. The van der Waals surface area contributed by atoms with Crippen molar-refractivity contribution >= 4 is 93.9 Å². The summed E-state index contributed by atoms with van der Waals surface area (Å²) in [5.74, 6) is 2.50. The van der Waals surface area contributed by atoms with Gasteiger partial charge < -0.3 is 0 Å². The molecule has 2 aliphatic rings. The van der Waals surface area contributed by atoms with Gasteiger partial charge >= 0.3 is 333 Å². The van der Waals surface area contributed by atoms with Crippen LogP contribution in [0.5, 0.6) is 11.5 Å². The van der Waals surface area contributed by atoms with Gasteiger partial charge in [-0.05, 0) is 11.1 Å².